The number of halogens is 2. The van der Waals surface area contributed by atoms with Crippen molar-refractivity contribution in [2.24, 2.45) is 4.99 Å². The minimum absolute atomic E-state index is 0. The van der Waals surface area contributed by atoms with Crippen LogP contribution in [0.25, 0.3) is 10.9 Å². The van der Waals surface area contributed by atoms with E-state index in [1.54, 1.807) is 6.07 Å². The highest BCUT2D eigenvalue weighted by molar-refractivity contribution is 14.0. The number of aromatic nitrogens is 1. The molecule has 0 spiro atoms. The van der Waals surface area contributed by atoms with Gasteiger partial charge in [0, 0.05) is 35.1 Å². The number of hydrogen-bond acceptors (Lipinski definition) is 3. The lowest BCUT2D eigenvalue weighted by Crippen LogP contribution is -2.38. The molecule has 0 radical (unpaired) electrons. The first-order valence-electron chi connectivity index (χ1n) is 8.68. The number of aliphatic hydroxyl groups excluding tert-OH is 1. The monoisotopic (exact) mass is 518 g/mol. The Morgan fingerprint density at radius 1 is 1.26 bits per heavy atom. The number of benzene rings is 1. The zero-order valence-electron chi connectivity index (χ0n) is 15.0. The van der Waals surface area contributed by atoms with Crippen molar-refractivity contribution in [1.29, 1.82) is 0 Å². The number of aliphatic imine (C=N–C) groups is 1. The first-order valence-corrected chi connectivity index (χ1v) is 9.87. The third kappa shape index (κ3) is 6.10. The van der Waals surface area contributed by atoms with Crippen LogP contribution in [0.15, 0.2) is 47.6 Å². The molecule has 2 aromatic heterocycles. The van der Waals surface area contributed by atoms with Crippen molar-refractivity contribution in [2.45, 2.75) is 19.4 Å². The van der Waals surface area contributed by atoms with Crippen LogP contribution in [0, 0.1) is 0 Å². The van der Waals surface area contributed by atoms with Gasteiger partial charge in [-0.1, -0.05) is 29.8 Å². The van der Waals surface area contributed by atoms with Gasteiger partial charge in [-0.15, -0.1) is 35.3 Å². The second-order valence-electron chi connectivity index (χ2n) is 5.91. The summed E-state index contributed by atoms with van der Waals surface area (Å²) in [4.78, 5) is 8.60. The molecule has 0 amide bonds. The summed E-state index contributed by atoms with van der Waals surface area (Å²) < 4.78 is 0.673. The number of H-pyrrole nitrogens is 1. The van der Waals surface area contributed by atoms with E-state index in [-0.39, 0.29) is 24.0 Å². The van der Waals surface area contributed by atoms with E-state index in [1.165, 1.54) is 22.3 Å². The Balaban J connectivity index is 0.00000261. The number of guanidine groups is 1. The normalized spacial score (nSPS) is 12.6. The summed E-state index contributed by atoms with van der Waals surface area (Å²) in [6.07, 6.45) is 2.30. The van der Waals surface area contributed by atoms with Crippen molar-refractivity contribution in [3.63, 3.8) is 0 Å². The van der Waals surface area contributed by atoms with E-state index >= 15 is 0 Å². The van der Waals surface area contributed by atoms with Crippen LogP contribution in [0.4, 0.5) is 0 Å². The fourth-order valence-corrected chi connectivity index (χ4v) is 3.81. The molecule has 0 fully saturated rings. The van der Waals surface area contributed by atoms with Gasteiger partial charge in [0.25, 0.3) is 0 Å². The number of thiophene rings is 1. The van der Waals surface area contributed by atoms with Crippen molar-refractivity contribution in [3.05, 3.63) is 57.4 Å². The highest BCUT2D eigenvalue weighted by Crippen LogP contribution is 2.26. The summed E-state index contributed by atoms with van der Waals surface area (Å²) in [5.74, 6) is 0.703. The predicted octanol–water partition coefficient (Wildman–Crippen LogP) is 4.33. The van der Waals surface area contributed by atoms with E-state index in [0.717, 1.165) is 29.9 Å². The zero-order chi connectivity index (χ0) is 18.4. The lowest BCUT2D eigenvalue weighted by atomic mass is 10.1. The molecule has 0 aliphatic carbocycles. The van der Waals surface area contributed by atoms with Gasteiger partial charge in [-0.2, -0.15) is 0 Å². The molecule has 8 heteroatoms. The van der Waals surface area contributed by atoms with Gasteiger partial charge in [-0.05, 0) is 37.1 Å². The second-order valence-corrected chi connectivity index (χ2v) is 7.66. The first-order chi connectivity index (χ1) is 12.7. The predicted molar refractivity (Wildman–Crippen MR) is 126 cm³/mol. The minimum atomic E-state index is -0.642. The maximum Gasteiger partial charge on any atom is 0.191 e. The molecule has 146 valence electrons. The lowest BCUT2D eigenvalue weighted by Gasteiger charge is -2.12. The van der Waals surface area contributed by atoms with Crippen molar-refractivity contribution in [3.8, 4) is 0 Å². The van der Waals surface area contributed by atoms with E-state index in [9.17, 15) is 5.11 Å². The quantitative estimate of drug-likeness (QED) is 0.214. The van der Waals surface area contributed by atoms with Gasteiger partial charge in [0.05, 0.1) is 10.9 Å². The molecule has 0 aliphatic rings. The Bertz CT molecular complexity index is 879. The van der Waals surface area contributed by atoms with E-state index < -0.39 is 6.10 Å². The Hall–Kier alpha value is -1.29. The Morgan fingerprint density at radius 3 is 2.81 bits per heavy atom. The number of para-hydroxylation sites is 1. The number of aromatic amines is 1. The van der Waals surface area contributed by atoms with Crippen LogP contribution in [0.3, 0.4) is 0 Å². The highest BCUT2D eigenvalue weighted by Gasteiger charge is 2.10. The van der Waals surface area contributed by atoms with E-state index in [1.807, 2.05) is 19.1 Å². The zero-order valence-corrected chi connectivity index (χ0v) is 18.9. The molecule has 2 heterocycles. The molecule has 0 saturated heterocycles. The minimum Gasteiger partial charge on any atom is -0.386 e. The topological polar surface area (TPSA) is 72.4 Å². The van der Waals surface area contributed by atoms with Gasteiger partial charge in [-0.3, -0.25) is 4.99 Å². The molecule has 5 nitrogen and oxygen atoms in total. The number of aliphatic hydroxyl groups is 1. The number of nitrogens with zero attached hydrogens (tertiary/aromatic N) is 1. The number of hydrogen-bond donors (Lipinski definition) is 4. The summed E-state index contributed by atoms with van der Waals surface area (Å²) >= 11 is 7.30. The summed E-state index contributed by atoms with van der Waals surface area (Å²) in [5, 5.41) is 18.0. The van der Waals surface area contributed by atoms with Crippen molar-refractivity contribution < 1.29 is 5.11 Å². The Labute approximate surface area is 185 Å². The number of nitrogens with one attached hydrogen (secondary N) is 3. The van der Waals surface area contributed by atoms with Gasteiger partial charge in [0.2, 0.25) is 0 Å². The number of rotatable bonds is 7. The summed E-state index contributed by atoms with van der Waals surface area (Å²) in [5.41, 5.74) is 2.43. The van der Waals surface area contributed by atoms with Crippen LogP contribution in [0.1, 0.15) is 23.5 Å². The fraction of sp³-hybridized carbons (Fsp3) is 0.316. The maximum atomic E-state index is 10.2. The van der Waals surface area contributed by atoms with Crippen LogP contribution in [-0.4, -0.2) is 35.7 Å². The molecule has 27 heavy (non-hydrogen) atoms. The molecule has 1 unspecified atom stereocenters. The third-order valence-corrected chi connectivity index (χ3v) is 5.38. The van der Waals surface area contributed by atoms with Crippen molar-refractivity contribution >= 4 is 63.8 Å². The van der Waals surface area contributed by atoms with Crippen LogP contribution in [0.2, 0.25) is 4.34 Å². The molecule has 4 N–H and O–H groups in total. The molecule has 0 saturated carbocycles. The molecule has 0 aliphatic heterocycles. The fourth-order valence-electron chi connectivity index (χ4n) is 2.77. The molecule has 3 rings (SSSR count). The standard InChI is InChI=1S/C19H23ClN4OS.HI/c1-2-21-19(24-12-16(25)17-7-8-18(20)26-17)22-10-9-13-11-23-15-6-4-3-5-14(13)15;/h3-8,11,16,23,25H,2,9-10,12H2,1H3,(H2,21,22,24);1H. The maximum absolute atomic E-state index is 10.2. The first kappa shape index (κ1) is 22.0. The lowest BCUT2D eigenvalue weighted by molar-refractivity contribution is 0.191. The summed E-state index contributed by atoms with van der Waals surface area (Å²) in [6, 6.07) is 11.9. The van der Waals surface area contributed by atoms with Gasteiger partial charge < -0.3 is 20.7 Å². The van der Waals surface area contributed by atoms with Crippen LogP contribution in [0.5, 0.6) is 0 Å². The molecule has 0 bridgehead atoms. The average molecular weight is 519 g/mol. The van der Waals surface area contributed by atoms with Crippen LogP contribution < -0.4 is 10.6 Å². The van der Waals surface area contributed by atoms with E-state index in [4.69, 9.17) is 11.6 Å². The smallest absolute Gasteiger partial charge is 0.191 e. The largest absolute Gasteiger partial charge is 0.386 e. The van der Waals surface area contributed by atoms with E-state index in [0.29, 0.717) is 16.8 Å². The van der Waals surface area contributed by atoms with Gasteiger partial charge in [0.15, 0.2) is 5.96 Å². The Morgan fingerprint density at radius 2 is 2.07 bits per heavy atom. The molecule has 1 atom stereocenters. The summed E-state index contributed by atoms with van der Waals surface area (Å²) in [6.45, 7) is 3.83. The number of fused-ring (bicyclic) bond motifs is 1. The Kier molecular flexibility index (Phi) is 8.88. The van der Waals surface area contributed by atoms with Crippen molar-refractivity contribution in [1.82, 2.24) is 15.6 Å². The van der Waals surface area contributed by atoms with Crippen molar-refractivity contribution in [2.75, 3.05) is 19.6 Å². The molecule has 3 aromatic rings. The average Bonchev–Trinajstić information content (AvgIpc) is 3.26. The van der Waals surface area contributed by atoms with E-state index in [2.05, 4.69) is 45.0 Å². The summed E-state index contributed by atoms with van der Waals surface area (Å²) in [7, 11) is 0. The molecular formula is C19H24ClIN4OS. The van der Waals surface area contributed by atoms with Gasteiger partial charge >= 0.3 is 0 Å². The van der Waals surface area contributed by atoms with Gasteiger partial charge in [-0.25, -0.2) is 0 Å². The molecule has 1 aromatic carbocycles. The highest BCUT2D eigenvalue weighted by atomic mass is 127. The van der Waals surface area contributed by atoms with Crippen LogP contribution in [-0.2, 0) is 6.42 Å². The molecular weight excluding hydrogens is 495 g/mol. The van der Waals surface area contributed by atoms with Crippen LogP contribution >= 0.6 is 46.9 Å². The SMILES string of the molecule is CCNC(=NCC(O)c1ccc(Cl)s1)NCCc1c[nH]c2ccccc12.I. The second kappa shape index (κ2) is 10.9. The van der Waals surface area contributed by atoms with Gasteiger partial charge in [0.1, 0.15) is 6.10 Å². The third-order valence-electron chi connectivity index (χ3n) is 4.05.